The summed E-state index contributed by atoms with van der Waals surface area (Å²) in [5.41, 5.74) is -0.659. The SMILES string of the molecule is CC(=O)C(=C=O)C(=O)C=C=O. The predicted molar refractivity (Wildman–Crippen MR) is 35.2 cm³/mol. The van der Waals surface area contributed by atoms with Crippen molar-refractivity contribution in [2.45, 2.75) is 6.92 Å². The molecule has 0 bridgehead atoms. The summed E-state index contributed by atoms with van der Waals surface area (Å²) in [7, 11) is 0. The number of carbonyl (C=O) groups is 2. The minimum Gasteiger partial charge on any atom is -0.294 e. The molecule has 0 amide bonds. The highest BCUT2D eigenvalue weighted by Crippen LogP contribution is 1.92. The van der Waals surface area contributed by atoms with Crippen LogP contribution in [0, 0.1) is 0 Å². The van der Waals surface area contributed by atoms with E-state index in [1.807, 2.05) is 0 Å². The third-order valence-electron chi connectivity index (χ3n) is 0.891. The van der Waals surface area contributed by atoms with E-state index in [0.29, 0.717) is 6.08 Å². The van der Waals surface area contributed by atoms with Crippen LogP contribution < -0.4 is 0 Å². The maximum Gasteiger partial charge on any atom is 0.211 e. The number of allylic oxidation sites excluding steroid dienone is 2. The third-order valence-corrected chi connectivity index (χ3v) is 0.891. The quantitative estimate of drug-likeness (QED) is 0.232. The van der Waals surface area contributed by atoms with E-state index in [9.17, 15) is 19.2 Å². The number of hydrogen-bond acceptors (Lipinski definition) is 4. The van der Waals surface area contributed by atoms with Crippen molar-refractivity contribution in [1.82, 2.24) is 0 Å². The standard InChI is InChI=1S/C7H4O4/c1-5(10)6(4-9)7(11)2-3-8/h2H,1H3. The van der Waals surface area contributed by atoms with Gasteiger partial charge in [0.05, 0.1) is 6.08 Å². The molecule has 0 saturated heterocycles. The second kappa shape index (κ2) is 4.12. The van der Waals surface area contributed by atoms with E-state index >= 15 is 0 Å². The molecule has 0 rings (SSSR count). The van der Waals surface area contributed by atoms with Crippen LogP contribution in [-0.4, -0.2) is 23.4 Å². The lowest BCUT2D eigenvalue weighted by Crippen LogP contribution is -2.07. The number of hydrogen-bond donors (Lipinski definition) is 0. The zero-order valence-electron chi connectivity index (χ0n) is 5.71. The Bertz CT molecular complexity index is 288. The van der Waals surface area contributed by atoms with Crippen molar-refractivity contribution in [1.29, 1.82) is 0 Å². The number of rotatable bonds is 3. The summed E-state index contributed by atoms with van der Waals surface area (Å²) in [6.45, 7) is 1.04. The largest absolute Gasteiger partial charge is 0.294 e. The molecule has 0 heterocycles. The third kappa shape index (κ3) is 2.54. The molecule has 0 atom stereocenters. The average molecular weight is 152 g/mol. The van der Waals surface area contributed by atoms with E-state index in [4.69, 9.17) is 0 Å². The highest BCUT2D eigenvalue weighted by molar-refractivity contribution is 6.29. The second-order valence-electron chi connectivity index (χ2n) is 1.66. The van der Waals surface area contributed by atoms with Crippen LogP contribution >= 0.6 is 0 Å². The topological polar surface area (TPSA) is 68.3 Å². The Morgan fingerprint density at radius 2 is 1.82 bits per heavy atom. The fourth-order valence-electron chi connectivity index (χ4n) is 0.421. The van der Waals surface area contributed by atoms with Crippen LogP contribution in [0.2, 0.25) is 0 Å². The number of ketones is 2. The Balaban J connectivity index is 4.83. The first kappa shape index (κ1) is 9.24. The van der Waals surface area contributed by atoms with Crippen molar-refractivity contribution in [3.63, 3.8) is 0 Å². The lowest BCUT2D eigenvalue weighted by molar-refractivity contribution is -0.117. The van der Waals surface area contributed by atoms with Gasteiger partial charge in [0.15, 0.2) is 5.78 Å². The van der Waals surface area contributed by atoms with Crippen LogP contribution in [0.3, 0.4) is 0 Å². The van der Waals surface area contributed by atoms with E-state index in [1.165, 1.54) is 0 Å². The van der Waals surface area contributed by atoms with Gasteiger partial charge in [0.2, 0.25) is 5.78 Å². The maximum atomic E-state index is 10.6. The molecule has 4 nitrogen and oxygen atoms in total. The van der Waals surface area contributed by atoms with Gasteiger partial charge in [-0.05, 0) is 0 Å². The smallest absolute Gasteiger partial charge is 0.211 e. The number of Topliss-reactive ketones (excluding diaryl/α,β-unsaturated/α-hetero) is 1. The molecule has 0 saturated carbocycles. The summed E-state index contributed by atoms with van der Waals surface area (Å²) in [4.78, 5) is 40.5. The second-order valence-corrected chi connectivity index (χ2v) is 1.66. The molecule has 0 aliphatic carbocycles. The van der Waals surface area contributed by atoms with Crippen molar-refractivity contribution in [3.8, 4) is 0 Å². The van der Waals surface area contributed by atoms with Crippen molar-refractivity contribution >= 4 is 23.4 Å². The van der Waals surface area contributed by atoms with Crippen LogP contribution in [0.15, 0.2) is 11.6 Å². The predicted octanol–water partition coefficient (Wildman–Crippen LogP) is -0.710. The molecule has 0 radical (unpaired) electrons. The Kier molecular flexibility index (Phi) is 3.46. The Hall–Kier alpha value is -1.76. The molecule has 0 aromatic carbocycles. The summed E-state index contributed by atoms with van der Waals surface area (Å²) >= 11 is 0. The highest BCUT2D eigenvalue weighted by atomic mass is 16.2. The first-order valence-electron chi connectivity index (χ1n) is 2.64. The minimum atomic E-state index is -0.956. The molecule has 0 aromatic rings. The van der Waals surface area contributed by atoms with E-state index in [1.54, 1.807) is 0 Å². The van der Waals surface area contributed by atoms with E-state index in [2.05, 4.69) is 0 Å². The highest BCUT2D eigenvalue weighted by Gasteiger charge is 2.12. The van der Waals surface area contributed by atoms with E-state index in [-0.39, 0.29) is 0 Å². The maximum absolute atomic E-state index is 10.6. The van der Waals surface area contributed by atoms with Gasteiger partial charge in [-0.3, -0.25) is 9.59 Å². The van der Waals surface area contributed by atoms with Gasteiger partial charge in [0.25, 0.3) is 0 Å². The zero-order chi connectivity index (χ0) is 8.85. The summed E-state index contributed by atoms with van der Waals surface area (Å²) in [5.74, 6) is 0.637. The van der Waals surface area contributed by atoms with Crippen LogP contribution in [0.1, 0.15) is 6.92 Å². The first-order valence-corrected chi connectivity index (χ1v) is 2.64. The first-order chi connectivity index (χ1) is 5.13. The summed E-state index contributed by atoms with van der Waals surface area (Å²) in [5, 5.41) is 0. The average Bonchev–Trinajstić information content (AvgIpc) is 1.88. The molecule has 0 aliphatic heterocycles. The lowest BCUT2D eigenvalue weighted by Gasteiger charge is -1.86. The zero-order valence-corrected chi connectivity index (χ0v) is 5.71. The number of carbonyl (C=O) groups excluding carboxylic acids is 4. The van der Waals surface area contributed by atoms with Crippen LogP contribution in [-0.2, 0) is 19.2 Å². The van der Waals surface area contributed by atoms with Gasteiger partial charge in [-0.2, -0.15) is 0 Å². The van der Waals surface area contributed by atoms with Gasteiger partial charge in [-0.25, -0.2) is 9.59 Å². The molecule has 0 N–H and O–H groups in total. The fourth-order valence-corrected chi connectivity index (χ4v) is 0.421. The molecular formula is C7H4O4. The molecule has 11 heavy (non-hydrogen) atoms. The van der Waals surface area contributed by atoms with Gasteiger partial charge >= 0.3 is 0 Å². The van der Waals surface area contributed by atoms with Gasteiger partial charge in [0, 0.05) is 6.92 Å². The van der Waals surface area contributed by atoms with Crippen molar-refractivity contribution in [3.05, 3.63) is 11.6 Å². The van der Waals surface area contributed by atoms with Gasteiger partial charge in [0.1, 0.15) is 17.5 Å². The lowest BCUT2D eigenvalue weighted by atomic mass is 10.1. The minimum absolute atomic E-state index is 0.474. The molecule has 0 fully saturated rings. The van der Waals surface area contributed by atoms with Crippen molar-refractivity contribution in [2.75, 3.05) is 0 Å². The van der Waals surface area contributed by atoms with Gasteiger partial charge in [-0.15, -0.1) is 0 Å². The van der Waals surface area contributed by atoms with Crippen LogP contribution in [0.4, 0.5) is 0 Å². The molecule has 56 valence electrons. The monoisotopic (exact) mass is 152 g/mol. The molecule has 4 heteroatoms. The van der Waals surface area contributed by atoms with Crippen LogP contribution in [0.25, 0.3) is 0 Å². The van der Waals surface area contributed by atoms with Crippen molar-refractivity contribution in [2.24, 2.45) is 0 Å². The normalized spacial score (nSPS) is 7.36. The fraction of sp³-hybridized carbons (Fsp3) is 0.143. The molecule has 0 unspecified atom stereocenters. The van der Waals surface area contributed by atoms with Crippen molar-refractivity contribution < 1.29 is 19.2 Å². The van der Waals surface area contributed by atoms with Crippen LogP contribution in [0.5, 0.6) is 0 Å². The summed E-state index contributed by atoms with van der Waals surface area (Å²) in [6, 6.07) is 0. The van der Waals surface area contributed by atoms with Gasteiger partial charge < -0.3 is 0 Å². The Morgan fingerprint density at radius 3 is 2.09 bits per heavy atom. The molecule has 0 aromatic heterocycles. The molecule has 0 spiro atoms. The molecule has 0 aliphatic rings. The molecular weight excluding hydrogens is 148 g/mol. The summed E-state index contributed by atoms with van der Waals surface area (Å²) < 4.78 is 0. The Morgan fingerprint density at radius 1 is 1.27 bits per heavy atom. The van der Waals surface area contributed by atoms with Gasteiger partial charge in [-0.1, -0.05) is 0 Å². The summed E-state index contributed by atoms with van der Waals surface area (Å²) in [6.07, 6.45) is 0.474. The Labute approximate surface area is 62.2 Å². The van der Waals surface area contributed by atoms with E-state index in [0.717, 1.165) is 18.8 Å². The van der Waals surface area contributed by atoms with E-state index < -0.39 is 17.1 Å².